The van der Waals surface area contributed by atoms with E-state index in [0.717, 1.165) is 32.8 Å². The van der Waals surface area contributed by atoms with E-state index in [1.54, 1.807) is 6.92 Å². The summed E-state index contributed by atoms with van der Waals surface area (Å²) < 4.78 is 25.5. The minimum absolute atomic E-state index is 0.121. The van der Waals surface area contributed by atoms with E-state index in [4.69, 9.17) is 0 Å². The third-order valence-corrected chi connectivity index (χ3v) is 6.73. The van der Waals surface area contributed by atoms with E-state index in [1.807, 2.05) is 63.2 Å². The van der Waals surface area contributed by atoms with Gasteiger partial charge in [0.15, 0.2) is 0 Å². The van der Waals surface area contributed by atoms with E-state index in [-0.39, 0.29) is 19.6 Å². The second-order valence-corrected chi connectivity index (χ2v) is 10.5. The highest BCUT2D eigenvalue weighted by Crippen LogP contribution is 2.32. The quantitative estimate of drug-likeness (QED) is 0.768. The fourth-order valence-corrected chi connectivity index (χ4v) is 4.79. The molecule has 2 aromatic rings. The van der Waals surface area contributed by atoms with Crippen molar-refractivity contribution < 1.29 is 18.0 Å². The first kappa shape index (κ1) is 23.0. The normalized spacial score (nSPS) is 20.0. The van der Waals surface area contributed by atoms with Gasteiger partial charge in [-0.05, 0) is 56.5 Å². The molecule has 0 spiro atoms. The van der Waals surface area contributed by atoms with Crippen molar-refractivity contribution in [1.29, 1.82) is 0 Å². The zero-order chi connectivity index (χ0) is 23.0. The van der Waals surface area contributed by atoms with Gasteiger partial charge in [0.2, 0.25) is 21.8 Å². The lowest BCUT2D eigenvalue weighted by Gasteiger charge is -2.46. The molecular formula is C23H29N3O4S. The van der Waals surface area contributed by atoms with Crippen LogP contribution in [-0.2, 0) is 26.2 Å². The summed E-state index contributed by atoms with van der Waals surface area (Å²) in [6, 6.07) is 13.4. The summed E-state index contributed by atoms with van der Waals surface area (Å²) in [5, 5.41) is 2.90. The molecule has 1 aliphatic heterocycles. The van der Waals surface area contributed by atoms with Crippen LogP contribution in [0.25, 0.3) is 0 Å². The molecule has 0 saturated carbocycles. The lowest BCUT2D eigenvalue weighted by atomic mass is 9.93. The molecule has 1 heterocycles. The number of carbonyl (C=O) groups is 2. The summed E-state index contributed by atoms with van der Waals surface area (Å²) in [5.74, 6) is -0.844. The minimum atomic E-state index is -3.65. The average Bonchev–Trinajstić information content (AvgIpc) is 2.65. The highest BCUT2D eigenvalue weighted by molar-refractivity contribution is 7.88. The van der Waals surface area contributed by atoms with Crippen molar-refractivity contribution >= 4 is 27.5 Å². The zero-order valence-electron chi connectivity index (χ0n) is 18.6. The Morgan fingerprint density at radius 1 is 1.03 bits per heavy atom. The Balaban J connectivity index is 1.98. The van der Waals surface area contributed by atoms with Crippen LogP contribution in [0.2, 0.25) is 0 Å². The SMILES string of the molecule is Cc1ccc(CNC(=O)C2(C)CN(S(C)(=O)=O)CC(=O)N2c2cc(C)cc(C)c2)cc1. The molecule has 1 fully saturated rings. The van der Waals surface area contributed by atoms with E-state index < -0.39 is 27.4 Å². The first-order valence-corrected chi connectivity index (χ1v) is 12.0. The van der Waals surface area contributed by atoms with Crippen LogP contribution >= 0.6 is 0 Å². The van der Waals surface area contributed by atoms with Gasteiger partial charge < -0.3 is 5.32 Å². The van der Waals surface area contributed by atoms with Crippen LogP contribution in [-0.4, -0.2) is 49.4 Å². The maximum atomic E-state index is 13.4. The molecule has 166 valence electrons. The fourth-order valence-electron chi connectivity index (χ4n) is 3.96. The van der Waals surface area contributed by atoms with E-state index in [1.165, 1.54) is 4.90 Å². The van der Waals surface area contributed by atoms with Gasteiger partial charge in [0.05, 0.1) is 12.8 Å². The maximum absolute atomic E-state index is 13.4. The Labute approximate surface area is 184 Å². The van der Waals surface area contributed by atoms with Gasteiger partial charge in [0, 0.05) is 18.8 Å². The van der Waals surface area contributed by atoms with Crippen LogP contribution in [0.5, 0.6) is 0 Å². The van der Waals surface area contributed by atoms with E-state index >= 15 is 0 Å². The molecule has 1 N–H and O–H groups in total. The number of hydrogen-bond acceptors (Lipinski definition) is 4. The molecule has 7 nitrogen and oxygen atoms in total. The van der Waals surface area contributed by atoms with Crippen molar-refractivity contribution in [2.45, 2.75) is 39.8 Å². The predicted octanol–water partition coefficient (Wildman–Crippen LogP) is 2.30. The van der Waals surface area contributed by atoms with Gasteiger partial charge in [0.1, 0.15) is 5.54 Å². The van der Waals surface area contributed by atoms with Crippen molar-refractivity contribution in [3.05, 3.63) is 64.7 Å². The monoisotopic (exact) mass is 443 g/mol. The topological polar surface area (TPSA) is 86.8 Å². The molecule has 3 rings (SSSR count). The van der Waals surface area contributed by atoms with Crippen molar-refractivity contribution in [3.8, 4) is 0 Å². The number of nitrogens with one attached hydrogen (secondary N) is 1. The molecule has 8 heteroatoms. The van der Waals surface area contributed by atoms with Crippen molar-refractivity contribution in [3.63, 3.8) is 0 Å². The van der Waals surface area contributed by atoms with E-state index in [2.05, 4.69) is 5.32 Å². The number of rotatable bonds is 5. The molecule has 1 saturated heterocycles. The standard InChI is InChI=1S/C23H29N3O4S/c1-16-6-8-19(9-7-16)13-24-22(28)23(4)15-25(31(5,29)30)14-21(27)26(23)20-11-17(2)10-18(3)12-20/h6-12H,13-15H2,1-5H3,(H,24,28). The molecular weight excluding hydrogens is 414 g/mol. The highest BCUT2D eigenvalue weighted by Gasteiger charge is 2.50. The molecule has 1 aliphatic rings. The Hall–Kier alpha value is -2.71. The number of nitrogens with zero attached hydrogens (tertiary/aromatic N) is 2. The summed E-state index contributed by atoms with van der Waals surface area (Å²) in [4.78, 5) is 28.0. The number of aryl methyl sites for hydroxylation is 3. The van der Waals surface area contributed by atoms with Gasteiger partial charge in [0.25, 0.3) is 0 Å². The summed E-state index contributed by atoms with van der Waals surface area (Å²) in [6.07, 6.45) is 1.05. The molecule has 31 heavy (non-hydrogen) atoms. The van der Waals surface area contributed by atoms with Crippen LogP contribution in [0.4, 0.5) is 5.69 Å². The smallest absolute Gasteiger partial charge is 0.247 e. The van der Waals surface area contributed by atoms with Gasteiger partial charge in [-0.25, -0.2) is 8.42 Å². The summed E-state index contributed by atoms with van der Waals surface area (Å²) >= 11 is 0. The largest absolute Gasteiger partial charge is 0.350 e. The minimum Gasteiger partial charge on any atom is -0.350 e. The lowest BCUT2D eigenvalue weighted by molar-refractivity contribution is -0.133. The number of benzene rings is 2. The van der Waals surface area contributed by atoms with Gasteiger partial charge in [-0.15, -0.1) is 0 Å². The van der Waals surface area contributed by atoms with Crippen LogP contribution in [0, 0.1) is 20.8 Å². The molecule has 2 aromatic carbocycles. The van der Waals surface area contributed by atoms with Crippen LogP contribution in [0.15, 0.2) is 42.5 Å². The van der Waals surface area contributed by atoms with E-state index in [0.29, 0.717) is 5.69 Å². The van der Waals surface area contributed by atoms with Gasteiger partial charge in [-0.1, -0.05) is 35.9 Å². The van der Waals surface area contributed by atoms with Crippen LogP contribution in [0.1, 0.15) is 29.2 Å². The number of amides is 2. The number of piperazine rings is 1. The molecule has 0 bridgehead atoms. The lowest BCUT2D eigenvalue weighted by Crippen LogP contribution is -2.70. The molecule has 0 aromatic heterocycles. The fraction of sp³-hybridized carbons (Fsp3) is 0.391. The summed E-state index contributed by atoms with van der Waals surface area (Å²) in [5.41, 5.74) is 3.13. The van der Waals surface area contributed by atoms with Crippen molar-refractivity contribution in [2.24, 2.45) is 0 Å². The number of anilines is 1. The Kier molecular flexibility index (Phi) is 6.25. The summed E-state index contributed by atoms with van der Waals surface area (Å²) in [6.45, 7) is 7.30. The Bertz CT molecular complexity index is 1090. The highest BCUT2D eigenvalue weighted by atomic mass is 32.2. The van der Waals surface area contributed by atoms with E-state index in [9.17, 15) is 18.0 Å². The molecule has 0 radical (unpaired) electrons. The second-order valence-electron chi connectivity index (χ2n) is 8.55. The third-order valence-electron chi connectivity index (χ3n) is 5.54. The Morgan fingerprint density at radius 3 is 2.16 bits per heavy atom. The Morgan fingerprint density at radius 2 is 1.61 bits per heavy atom. The molecule has 1 atom stereocenters. The van der Waals surface area contributed by atoms with Crippen molar-refractivity contribution in [1.82, 2.24) is 9.62 Å². The number of hydrogen-bond donors (Lipinski definition) is 1. The average molecular weight is 444 g/mol. The van der Waals surface area contributed by atoms with Gasteiger partial charge in [-0.3, -0.25) is 14.5 Å². The first-order chi connectivity index (χ1) is 14.4. The van der Waals surface area contributed by atoms with Crippen LogP contribution in [0.3, 0.4) is 0 Å². The maximum Gasteiger partial charge on any atom is 0.247 e. The van der Waals surface area contributed by atoms with Gasteiger partial charge >= 0.3 is 0 Å². The molecule has 1 unspecified atom stereocenters. The first-order valence-electron chi connectivity index (χ1n) is 10.1. The molecule has 2 amide bonds. The number of sulfonamides is 1. The molecule has 0 aliphatic carbocycles. The summed E-state index contributed by atoms with van der Waals surface area (Å²) in [7, 11) is -3.65. The number of carbonyl (C=O) groups excluding carboxylic acids is 2. The van der Waals surface area contributed by atoms with Gasteiger partial charge in [-0.2, -0.15) is 4.31 Å². The zero-order valence-corrected chi connectivity index (χ0v) is 19.4. The van der Waals surface area contributed by atoms with Crippen molar-refractivity contribution in [2.75, 3.05) is 24.2 Å². The third kappa shape index (κ3) is 4.97. The van der Waals surface area contributed by atoms with Crippen LogP contribution < -0.4 is 10.2 Å². The predicted molar refractivity (Wildman–Crippen MR) is 121 cm³/mol. The second kappa shape index (κ2) is 8.43.